The van der Waals surface area contributed by atoms with Crippen molar-refractivity contribution in [1.82, 2.24) is 5.32 Å². The number of nitrogens with one attached hydrogen (secondary N) is 1. The molecule has 1 aromatic carbocycles. The first-order chi connectivity index (χ1) is 8.16. The molecule has 3 N–H and O–H groups in total. The van der Waals surface area contributed by atoms with E-state index in [0.29, 0.717) is 16.2 Å². The van der Waals surface area contributed by atoms with Gasteiger partial charge in [0.1, 0.15) is 0 Å². The van der Waals surface area contributed by atoms with Gasteiger partial charge >= 0.3 is 7.12 Å². The lowest BCUT2D eigenvalue weighted by molar-refractivity contribution is 0.0978. The quantitative estimate of drug-likeness (QED) is 0.600. The van der Waals surface area contributed by atoms with Crippen LogP contribution in [0.15, 0.2) is 29.3 Å². The molecule has 0 radical (unpaired) electrons. The lowest BCUT2D eigenvalue weighted by Gasteiger charge is -2.04. The molecule has 5 nitrogen and oxygen atoms in total. The first-order valence-corrected chi connectivity index (χ1v) is 6.10. The highest BCUT2D eigenvalue weighted by Gasteiger charge is 2.14. The lowest BCUT2D eigenvalue weighted by atomic mass is 9.80. The number of amides is 1. The zero-order valence-corrected chi connectivity index (χ0v) is 9.78. The van der Waals surface area contributed by atoms with Crippen LogP contribution < -0.4 is 10.8 Å². The zero-order chi connectivity index (χ0) is 12.3. The van der Waals surface area contributed by atoms with Crippen LogP contribution in [0.5, 0.6) is 0 Å². The van der Waals surface area contributed by atoms with E-state index in [2.05, 4.69) is 10.3 Å². The molecule has 1 aromatic rings. The van der Waals surface area contributed by atoms with E-state index in [9.17, 15) is 4.79 Å². The van der Waals surface area contributed by atoms with Gasteiger partial charge in [-0.05, 0) is 17.6 Å². The van der Waals surface area contributed by atoms with E-state index in [-0.39, 0.29) is 5.91 Å². The largest absolute Gasteiger partial charge is 0.488 e. The van der Waals surface area contributed by atoms with Crippen molar-refractivity contribution in [3.05, 3.63) is 29.8 Å². The third kappa shape index (κ3) is 3.09. The smallest absolute Gasteiger partial charge is 0.423 e. The molecule has 0 unspecified atom stereocenters. The van der Waals surface area contributed by atoms with Crippen molar-refractivity contribution in [2.24, 2.45) is 4.99 Å². The van der Waals surface area contributed by atoms with Crippen LogP contribution in [0.25, 0.3) is 0 Å². The van der Waals surface area contributed by atoms with E-state index in [1.54, 1.807) is 12.1 Å². The second kappa shape index (κ2) is 5.35. The van der Waals surface area contributed by atoms with Gasteiger partial charge in [-0.25, -0.2) is 0 Å². The first kappa shape index (κ1) is 12.2. The molecule has 0 spiro atoms. The fourth-order valence-corrected chi connectivity index (χ4v) is 2.11. The summed E-state index contributed by atoms with van der Waals surface area (Å²) in [6.07, 6.45) is 0. The minimum atomic E-state index is -1.51. The number of carbonyl (C=O) groups is 1. The van der Waals surface area contributed by atoms with Crippen molar-refractivity contribution in [3.8, 4) is 0 Å². The van der Waals surface area contributed by atoms with Gasteiger partial charge in [0.05, 0.1) is 6.54 Å². The molecule has 88 valence electrons. The Labute approximate surface area is 103 Å². The van der Waals surface area contributed by atoms with E-state index >= 15 is 0 Å². The number of thioether (sulfide) groups is 1. The molecule has 0 saturated heterocycles. The van der Waals surface area contributed by atoms with Crippen molar-refractivity contribution in [1.29, 1.82) is 0 Å². The predicted octanol–water partition coefficient (Wildman–Crippen LogP) is -0.801. The molecule has 0 fully saturated rings. The second-order valence-electron chi connectivity index (χ2n) is 3.49. The van der Waals surface area contributed by atoms with E-state index in [1.807, 2.05) is 0 Å². The van der Waals surface area contributed by atoms with Crippen molar-refractivity contribution in [2.75, 3.05) is 12.3 Å². The van der Waals surface area contributed by atoms with E-state index in [0.717, 1.165) is 12.3 Å². The zero-order valence-electron chi connectivity index (χ0n) is 8.96. The molecular formula is C10H11BN2O3S. The van der Waals surface area contributed by atoms with Crippen molar-refractivity contribution >= 4 is 35.4 Å². The number of hydrogen-bond donors (Lipinski definition) is 3. The topological polar surface area (TPSA) is 81.9 Å². The summed E-state index contributed by atoms with van der Waals surface area (Å²) in [5.74, 6) is 0.655. The molecule has 0 atom stereocenters. The summed E-state index contributed by atoms with van der Waals surface area (Å²) in [5, 5.41) is 21.2. The Balaban J connectivity index is 2.04. The highest BCUT2D eigenvalue weighted by molar-refractivity contribution is 8.14. The summed E-state index contributed by atoms with van der Waals surface area (Å²) < 4.78 is 0. The average Bonchev–Trinajstić information content (AvgIpc) is 2.82. The molecule has 7 heteroatoms. The van der Waals surface area contributed by atoms with Crippen LogP contribution in [-0.4, -0.2) is 40.5 Å². The highest BCUT2D eigenvalue weighted by Crippen LogP contribution is 2.09. The Morgan fingerprint density at radius 3 is 2.59 bits per heavy atom. The highest BCUT2D eigenvalue weighted by atomic mass is 32.2. The first-order valence-electron chi connectivity index (χ1n) is 5.11. The Hall–Kier alpha value is -1.31. The Morgan fingerprint density at radius 2 is 2.06 bits per heavy atom. The minimum absolute atomic E-state index is 0.239. The van der Waals surface area contributed by atoms with E-state index in [1.165, 1.54) is 23.9 Å². The fraction of sp³-hybridized carbons (Fsp3) is 0.200. The number of nitrogens with zero attached hydrogens (tertiary/aromatic N) is 1. The standard InChI is InChI=1S/C10H11BN2O3S/c14-9(13-10-12-5-6-17-10)7-1-3-8(4-2-7)11(15)16/h1-4,15-16H,5-6H2,(H,12,13,14). The predicted molar refractivity (Wildman–Crippen MR) is 68.5 cm³/mol. The van der Waals surface area contributed by atoms with Gasteiger partial charge in [0.2, 0.25) is 0 Å². The second-order valence-corrected chi connectivity index (χ2v) is 4.57. The molecule has 0 bridgehead atoms. The van der Waals surface area contributed by atoms with Gasteiger partial charge in [-0.15, -0.1) is 0 Å². The Morgan fingerprint density at radius 1 is 1.35 bits per heavy atom. The number of aliphatic imine (C=N–C) groups is 1. The summed E-state index contributed by atoms with van der Waals surface area (Å²) in [6.45, 7) is 0.732. The molecule has 0 aromatic heterocycles. The molecule has 1 aliphatic heterocycles. The number of hydrogen-bond acceptors (Lipinski definition) is 5. The summed E-state index contributed by atoms with van der Waals surface area (Å²) in [4.78, 5) is 15.9. The average molecular weight is 250 g/mol. The minimum Gasteiger partial charge on any atom is -0.423 e. The molecule has 0 aliphatic carbocycles. The van der Waals surface area contributed by atoms with Crippen LogP contribution in [0.3, 0.4) is 0 Å². The van der Waals surface area contributed by atoms with Gasteiger partial charge in [0.15, 0.2) is 5.17 Å². The third-order valence-corrected chi connectivity index (χ3v) is 3.17. The van der Waals surface area contributed by atoms with Crippen LogP contribution >= 0.6 is 11.8 Å². The molecule has 1 aliphatic rings. The SMILES string of the molecule is O=C(NC1=NCCS1)c1ccc(B(O)O)cc1. The molecule has 1 amide bonds. The monoisotopic (exact) mass is 250 g/mol. The van der Waals surface area contributed by atoms with Crippen molar-refractivity contribution in [3.63, 3.8) is 0 Å². The summed E-state index contributed by atoms with van der Waals surface area (Å²) in [7, 11) is -1.51. The maximum absolute atomic E-state index is 11.8. The van der Waals surface area contributed by atoms with Gasteiger partial charge in [-0.1, -0.05) is 23.9 Å². The maximum atomic E-state index is 11.8. The van der Waals surface area contributed by atoms with Crippen molar-refractivity contribution < 1.29 is 14.8 Å². The molecule has 2 rings (SSSR count). The van der Waals surface area contributed by atoms with Gasteiger partial charge in [0.25, 0.3) is 5.91 Å². The maximum Gasteiger partial charge on any atom is 0.488 e. The van der Waals surface area contributed by atoms with Gasteiger partial charge in [0, 0.05) is 11.3 Å². The van der Waals surface area contributed by atoms with Crippen LogP contribution in [0.1, 0.15) is 10.4 Å². The van der Waals surface area contributed by atoms with Crippen LogP contribution in [-0.2, 0) is 0 Å². The normalized spacial score (nSPS) is 14.4. The fourth-order valence-electron chi connectivity index (χ4n) is 1.39. The lowest BCUT2D eigenvalue weighted by Crippen LogP contribution is -2.31. The number of carbonyl (C=O) groups excluding carboxylic acids is 1. The molecule has 1 heterocycles. The van der Waals surface area contributed by atoms with E-state index < -0.39 is 7.12 Å². The molecule has 17 heavy (non-hydrogen) atoms. The van der Waals surface area contributed by atoms with E-state index in [4.69, 9.17) is 10.0 Å². The Bertz CT molecular complexity index is 447. The molecular weight excluding hydrogens is 239 g/mol. The number of rotatable bonds is 2. The van der Waals surface area contributed by atoms with Gasteiger partial charge in [-0.3, -0.25) is 9.79 Å². The van der Waals surface area contributed by atoms with Gasteiger partial charge in [-0.2, -0.15) is 0 Å². The van der Waals surface area contributed by atoms with Crippen LogP contribution in [0.4, 0.5) is 0 Å². The Kier molecular flexibility index (Phi) is 3.83. The van der Waals surface area contributed by atoms with Crippen molar-refractivity contribution in [2.45, 2.75) is 0 Å². The third-order valence-electron chi connectivity index (χ3n) is 2.28. The number of benzene rings is 1. The van der Waals surface area contributed by atoms with Gasteiger partial charge < -0.3 is 15.4 Å². The molecule has 0 saturated carbocycles. The number of amidine groups is 1. The summed E-state index contributed by atoms with van der Waals surface area (Å²) in [6, 6.07) is 6.10. The van der Waals surface area contributed by atoms with Crippen LogP contribution in [0, 0.1) is 0 Å². The summed E-state index contributed by atoms with van der Waals surface area (Å²) >= 11 is 1.51. The van der Waals surface area contributed by atoms with Crippen LogP contribution in [0.2, 0.25) is 0 Å². The summed E-state index contributed by atoms with van der Waals surface area (Å²) in [5.41, 5.74) is 0.818.